The van der Waals surface area contributed by atoms with Crippen molar-refractivity contribution in [3.05, 3.63) is 60.2 Å². The molecule has 0 unspecified atom stereocenters. The fraction of sp³-hybridized carbons (Fsp3) is 0.364. The summed E-state index contributed by atoms with van der Waals surface area (Å²) in [7, 11) is 0. The molecule has 3 rings (SSSR count). The zero-order valence-electron chi connectivity index (χ0n) is 16.9. The van der Waals surface area contributed by atoms with Crippen LogP contribution in [0.4, 0.5) is 11.4 Å². The van der Waals surface area contributed by atoms with Crippen molar-refractivity contribution in [1.82, 2.24) is 4.90 Å². The van der Waals surface area contributed by atoms with Gasteiger partial charge < -0.3 is 11.1 Å². The number of benzene rings is 2. The van der Waals surface area contributed by atoms with Crippen LogP contribution in [0.2, 0.25) is 0 Å². The minimum atomic E-state index is -0.959. The van der Waals surface area contributed by atoms with Gasteiger partial charge in [-0.25, -0.2) is 0 Å². The molecule has 6 nitrogen and oxygen atoms in total. The van der Waals surface area contributed by atoms with Gasteiger partial charge in [-0.15, -0.1) is 12.4 Å². The Labute approximate surface area is 178 Å². The Balaban J connectivity index is 0.00000300. The monoisotopic (exact) mass is 416 g/mol. The van der Waals surface area contributed by atoms with Crippen LogP contribution in [-0.4, -0.2) is 48.4 Å². The third-order valence-corrected chi connectivity index (χ3v) is 5.12. The van der Waals surface area contributed by atoms with Crippen molar-refractivity contribution in [2.45, 2.75) is 25.8 Å². The number of hydrogen-bond donors (Lipinski definition) is 2. The summed E-state index contributed by atoms with van der Waals surface area (Å²) >= 11 is 0. The molecular formula is C22H29ClN4O2. The molecule has 1 aliphatic rings. The van der Waals surface area contributed by atoms with Crippen LogP contribution in [0.5, 0.6) is 0 Å². The van der Waals surface area contributed by atoms with E-state index in [4.69, 9.17) is 5.73 Å². The van der Waals surface area contributed by atoms with Gasteiger partial charge in [0.25, 0.3) is 0 Å². The summed E-state index contributed by atoms with van der Waals surface area (Å²) in [5.41, 5.74) is 7.43. The number of fused-ring (bicyclic) bond motifs is 1. The van der Waals surface area contributed by atoms with Gasteiger partial charge in [-0.05, 0) is 38.0 Å². The van der Waals surface area contributed by atoms with Crippen LogP contribution in [-0.2, 0) is 16.0 Å². The molecule has 0 aliphatic carbocycles. The van der Waals surface area contributed by atoms with Crippen LogP contribution >= 0.6 is 12.4 Å². The van der Waals surface area contributed by atoms with Gasteiger partial charge in [-0.1, -0.05) is 42.5 Å². The second kappa shape index (κ2) is 9.87. The summed E-state index contributed by atoms with van der Waals surface area (Å²) in [6.07, 6.45) is 0.842. The van der Waals surface area contributed by atoms with E-state index in [9.17, 15) is 9.59 Å². The lowest BCUT2D eigenvalue weighted by Crippen LogP contribution is -2.60. The van der Waals surface area contributed by atoms with Gasteiger partial charge in [0.2, 0.25) is 11.8 Å². The highest BCUT2D eigenvalue weighted by atomic mass is 35.5. The Hall–Kier alpha value is -2.41. The van der Waals surface area contributed by atoms with Crippen molar-refractivity contribution in [3.8, 4) is 0 Å². The number of halogens is 1. The zero-order valence-corrected chi connectivity index (χ0v) is 17.7. The minimum absolute atomic E-state index is 0. The van der Waals surface area contributed by atoms with E-state index in [1.165, 1.54) is 5.56 Å². The second-order valence-electron chi connectivity index (χ2n) is 7.56. The predicted octanol–water partition coefficient (Wildman–Crippen LogP) is 2.68. The van der Waals surface area contributed by atoms with Gasteiger partial charge in [-0.2, -0.15) is 0 Å². The third kappa shape index (κ3) is 5.15. The van der Waals surface area contributed by atoms with Gasteiger partial charge in [0.15, 0.2) is 0 Å². The molecule has 0 spiro atoms. The summed E-state index contributed by atoms with van der Waals surface area (Å²) in [6, 6.07) is 17.6. The summed E-state index contributed by atoms with van der Waals surface area (Å²) in [5.74, 6) is -0.289. The lowest BCUT2D eigenvalue weighted by molar-refractivity contribution is -0.127. The molecular weight excluding hydrogens is 388 g/mol. The molecule has 0 saturated carbocycles. The van der Waals surface area contributed by atoms with Crippen molar-refractivity contribution in [2.75, 3.05) is 36.4 Å². The Morgan fingerprint density at radius 3 is 2.41 bits per heavy atom. The molecule has 1 aliphatic heterocycles. The number of nitrogens with two attached hydrogens (primary N) is 1. The van der Waals surface area contributed by atoms with Crippen molar-refractivity contribution >= 4 is 35.6 Å². The first kappa shape index (κ1) is 22.9. The molecule has 0 radical (unpaired) electrons. The topological polar surface area (TPSA) is 78.7 Å². The summed E-state index contributed by atoms with van der Waals surface area (Å²) in [5, 5.41) is 2.89. The molecule has 0 aromatic heterocycles. The number of carbonyl (C=O) groups excluding carboxylic acids is 2. The van der Waals surface area contributed by atoms with E-state index in [1.807, 2.05) is 42.5 Å². The number of para-hydroxylation sites is 2. The number of nitrogens with one attached hydrogen (secondary N) is 1. The van der Waals surface area contributed by atoms with Crippen LogP contribution in [0.3, 0.4) is 0 Å². The van der Waals surface area contributed by atoms with Crippen molar-refractivity contribution in [2.24, 2.45) is 5.73 Å². The molecule has 3 N–H and O–H groups in total. The van der Waals surface area contributed by atoms with E-state index in [0.29, 0.717) is 18.8 Å². The number of amides is 2. The van der Waals surface area contributed by atoms with Crippen LogP contribution in [0.25, 0.3) is 0 Å². The van der Waals surface area contributed by atoms with E-state index in [2.05, 4.69) is 22.3 Å². The third-order valence-electron chi connectivity index (χ3n) is 5.12. The smallest absolute Gasteiger partial charge is 0.250 e. The molecule has 7 heteroatoms. The number of hydrogen-bond acceptors (Lipinski definition) is 4. The standard InChI is InChI=1S/C22H28N4O2.ClH/c1-22(2)21(28)24-18-10-6-7-11-19(18)26(22)20(27)16-25(15-13-23)14-12-17-8-4-3-5-9-17;/h3-11H,12-16,23H2,1-2H3,(H,24,28);1H. The zero-order chi connectivity index (χ0) is 20.1. The maximum atomic E-state index is 13.3. The molecule has 2 aromatic carbocycles. The SMILES string of the molecule is CC1(C)C(=O)Nc2ccccc2N1C(=O)CN(CCN)CCc1ccccc1.Cl. The normalized spacial score (nSPS) is 14.8. The van der Waals surface area contributed by atoms with Crippen molar-refractivity contribution in [3.63, 3.8) is 0 Å². The van der Waals surface area contributed by atoms with Gasteiger partial charge >= 0.3 is 0 Å². The first-order valence-corrected chi connectivity index (χ1v) is 9.63. The van der Waals surface area contributed by atoms with Gasteiger partial charge in [0.1, 0.15) is 5.54 Å². The molecule has 0 saturated heterocycles. The largest absolute Gasteiger partial charge is 0.329 e. The highest BCUT2D eigenvalue weighted by Gasteiger charge is 2.43. The maximum absolute atomic E-state index is 13.3. The van der Waals surface area contributed by atoms with Gasteiger partial charge in [0.05, 0.1) is 17.9 Å². The first-order chi connectivity index (χ1) is 13.4. The Bertz CT molecular complexity index is 842. The van der Waals surface area contributed by atoms with Gasteiger partial charge in [-0.3, -0.25) is 19.4 Å². The van der Waals surface area contributed by atoms with Gasteiger partial charge in [0, 0.05) is 19.6 Å². The van der Waals surface area contributed by atoms with E-state index in [-0.39, 0.29) is 30.8 Å². The van der Waals surface area contributed by atoms with Crippen LogP contribution in [0.1, 0.15) is 19.4 Å². The van der Waals surface area contributed by atoms with Crippen molar-refractivity contribution < 1.29 is 9.59 Å². The molecule has 156 valence electrons. The Morgan fingerprint density at radius 1 is 1.07 bits per heavy atom. The first-order valence-electron chi connectivity index (χ1n) is 9.63. The molecule has 2 aromatic rings. The lowest BCUT2D eigenvalue weighted by Gasteiger charge is -2.42. The van der Waals surface area contributed by atoms with E-state index in [1.54, 1.807) is 18.7 Å². The number of nitrogens with zero attached hydrogens (tertiary/aromatic N) is 2. The fourth-order valence-corrected chi connectivity index (χ4v) is 3.54. The van der Waals surface area contributed by atoms with E-state index in [0.717, 1.165) is 18.7 Å². The quantitative estimate of drug-likeness (QED) is 0.727. The molecule has 0 bridgehead atoms. The summed E-state index contributed by atoms with van der Waals surface area (Å²) in [6.45, 7) is 5.59. The number of carbonyl (C=O) groups is 2. The Kier molecular flexibility index (Phi) is 7.79. The molecule has 0 atom stereocenters. The van der Waals surface area contributed by atoms with Crippen LogP contribution in [0.15, 0.2) is 54.6 Å². The highest BCUT2D eigenvalue weighted by Crippen LogP contribution is 2.36. The number of rotatable bonds is 7. The average Bonchev–Trinajstić information content (AvgIpc) is 2.68. The summed E-state index contributed by atoms with van der Waals surface area (Å²) < 4.78 is 0. The summed E-state index contributed by atoms with van der Waals surface area (Å²) in [4.78, 5) is 29.5. The fourth-order valence-electron chi connectivity index (χ4n) is 3.54. The van der Waals surface area contributed by atoms with Crippen LogP contribution < -0.4 is 16.0 Å². The molecule has 2 amide bonds. The minimum Gasteiger partial charge on any atom is -0.329 e. The van der Waals surface area contributed by atoms with E-state index < -0.39 is 5.54 Å². The average molecular weight is 417 g/mol. The number of anilines is 2. The van der Waals surface area contributed by atoms with Crippen LogP contribution in [0, 0.1) is 0 Å². The van der Waals surface area contributed by atoms with Crippen molar-refractivity contribution in [1.29, 1.82) is 0 Å². The second-order valence-corrected chi connectivity index (χ2v) is 7.56. The lowest BCUT2D eigenvalue weighted by atomic mass is 9.96. The highest BCUT2D eigenvalue weighted by molar-refractivity contribution is 6.14. The maximum Gasteiger partial charge on any atom is 0.250 e. The molecule has 1 heterocycles. The predicted molar refractivity (Wildman–Crippen MR) is 120 cm³/mol. The molecule has 29 heavy (non-hydrogen) atoms. The Morgan fingerprint density at radius 2 is 1.72 bits per heavy atom. The molecule has 0 fully saturated rings. The van der Waals surface area contributed by atoms with E-state index >= 15 is 0 Å².